The molecule has 0 fully saturated rings. The van der Waals surface area contributed by atoms with Gasteiger partial charge in [-0.2, -0.15) is 0 Å². The average Bonchev–Trinajstić information content (AvgIpc) is 2.45. The first kappa shape index (κ1) is 31.9. The second kappa shape index (κ2) is 14.2. The minimum Gasteiger partial charge on any atom is -0.358 e. The van der Waals surface area contributed by atoms with E-state index in [1.54, 1.807) is 0 Å². The summed E-state index contributed by atoms with van der Waals surface area (Å²) < 4.78 is 9.34. The average molecular weight is 466 g/mol. The molecule has 0 rings (SSSR count). The van der Waals surface area contributed by atoms with E-state index in [1.165, 1.54) is 0 Å². The molecule has 0 atom stereocenters. The van der Waals surface area contributed by atoms with Gasteiger partial charge in [0, 0.05) is 0 Å². The summed E-state index contributed by atoms with van der Waals surface area (Å²) in [5.41, 5.74) is 0.444. The Hall–Kier alpha value is 0.208. The molecule has 0 spiro atoms. The van der Waals surface area contributed by atoms with Gasteiger partial charge in [-0.05, 0) is 0 Å². The van der Waals surface area contributed by atoms with Crippen LogP contribution in [0, 0.1) is 12.8 Å². The Morgan fingerprint density at radius 3 is 1.19 bits per heavy atom. The number of hydrogen-bond donors (Lipinski definition) is 0. The van der Waals surface area contributed by atoms with E-state index >= 15 is 0 Å². The van der Waals surface area contributed by atoms with Gasteiger partial charge in [-0.1, -0.05) is 53.9 Å². The Morgan fingerprint density at radius 1 is 0.704 bits per heavy atom. The third kappa shape index (κ3) is 19.3. The minimum atomic E-state index is -0.492. The first-order chi connectivity index (χ1) is 11.6. The minimum absolute atomic E-state index is 0. The fourth-order valence-corrected chi connectivity index (χ4v) is 3.24. The van der Waals surface area contributed by atoms with Crippen molar-refractivity contribution in [2.45, 2.75) is 132 Å². The maximum absolute atomic E-state index is 4.67. The van der Waals surface area contributed by atoms with E-state index in [-0.39, 0.29) is 30.1 Å². The van der Waals surface area contributed by atoms with Crippen molar-refractivity contribution in [3.8, 4) is 0 Å². The third-order valence-electron chi connectivity index (χ3n) is 3.96. The monoisotopic (exact) mass is 467 g/mol. The molecule has 0 N–H and O–H groups in total. The Kier molecular flexibility index (Phi) is 16.8. The third-order valence-corrected chi connectivity index (χ3v) is 6.79. The molecule has 0 bridgehead atoms. The van der Waals surface area contributed by atoms with Crippen LogP contribution in [-0.2, 0) is 18.2 Å². The van der Waals surface area contributed by atoms with Crippen molar-refractivity contribution < 1.29 is 18.2 Å². The van der Waals surface area contributed by atoms with E-state index in [4.69, 9.17) is 0 Å². The molecule has 0 unspecified atom stereocenters. The Bertz CT molecular complexity index is 398. The van der Waals surface area contributed by atoms with Gasteiger partial charge >= 0.3 is 90.7 Å². The Balaban J connectivity index is -0.000000411. The zero-order chi connectivity index (χ0) is 21.2. The summed E-state index contributed by atoms with van der Waals surface area (Å²) in [4.78, 5) is 0. The van der Waals surface area contributed by atoms with Crippen LogP contribution >= 0.6 is 0 Å². The van der Waals surface area contributed by atoms with Gasteiger partial charge in [-0.25, -0.2) is 6.17 Å². The van der Waals surface area contributed by atoms with E-state index < -0.39 is 18.2 Å². The van der Waals surface area contributed by atoms with Crippen molar-refractivity contribution in [2.75, 3.05) is 0 Å². The van der Waals surface area contributed by atoms with Crippen LogP contribution in [0.3, 0.4) is 0 Å². The Morgan fingerprint density at radius 2 is 1.00 bits per heavy atom. The number of hydrogen-bond acceptors (Lipinski definition) is 2. The summed E-state index contributed by atoms with van der Waals surface area (Å²) in [6.45, 7) is 28.1. The van der Waals surface area contributed by atoms with Crippen LogP contribution in [-0.4, -0.2) is 29.3 Å². The Labute approximate surface area is 180 Å². The quantitative estimate of drug-likeness (QED) is 0.256. The smallest absolute Gasteiger partial charge is 0.358 e. The molecular formula is C22H49MoN4-3. The SMILES string of the molecule is CC(C)[N-]C([N-]C(C)C)C(C)(C)C.CCC(C)(C)[N]=[Mo]=[N]C(C)(C)CC.[CH3-]. The van der Waals surface area contributed by atoms with E-state index in [2.05, 4.69) is 108 Å². The normalized spacial score (nSPS) is 12.4. The van der Waals surface area contributed by atoms with Crippen LogP contribution in [0.5, 0.6) is 0 Å². The van der Waals surface area contributed by atoms with Crippen molar-refractivity contribution in [3.05, 3.63) is 18.1 Å². The van der Waals surface area contributed by atoms with E-state index in [1.807, 2.05) is 0 Å². The van der Waals surface area contributed by atoms with Crippen LogP contribution in [0.15, 0.2) is 6.99 Å². The molecule has 0 heterocycles. The second-order valence-electron chi connectivity index (χ2n) is 9.82. The molecule has 0 saturated heterocycles. The van der Waals surface area contributed by atoms with Gasteiger partial charge in [0.1, 0.15) is 0 Å². The molecule has 166 valence electrons. The maximum atomic E-state index is 4.67. The molecule has 0 aliphatic rings. The molecule has 0 aromatic carbocycles. The molecule has 0 aromatic rings. The van der Waals surface area contributed by atoms with Gasteiger partial charge < -0.3 is 18.1 Å². The summed E-state index contributed by atoms with van der Waals surface area (Å²) in [7, 11) is 0. The van der Waals surface area contributed by atoms with Gasteiger partial charge in [0.2, 0.25) is 0 Å². The van der Waals surface area contributed by atoms with E-state index in [0.717, 1.165) is 12.8 Å². The van der Waals surface area contributed by atoms with E-state index in [9.17, 15) is 0 Å². The zero-order valence-corrected chi connectivity index (χ0v) is 22.9. The van der Waals surface area contributed by atoms with Crippen LogP contribution in [0.2, 0.25) is 0 Å². The largest absolute Gasteiger partial charge is 0.358 e. The maximum Gasteiger partial charge on any atom is -0.358 e. The summed E-state index contributed by atoms with van der Waals surface area (Å²) >= 11 is -0.492. The summed E-state index contributed by atoms with van der Waals surface area (Å²) in [6, 6.07) is 0.735. The fraction of sp³-hybridized carbons (Fsp3) is 0.955. The molecule has 0 aliphatic heterocycles. The molecule has 4 nitrogen and oxygen atoms in total. The second-order valence-corrected chi connectivity index (χ2v) is 11.1. The van der Waals surface area contributed by atoms with Crippen LogP contribution in [0.25, 0.3) is 10.6 Å². The first-order valence-corrected chi connectivity index (χ1v) is 11.9. The fourth-order valence-electron chi connectivity index (χ4n) is 1.42. The van der Waals surface area contributed by atoms with Gasteiger partial charge in [0.15, 0.2) is 0 Å². The first-order valence-electron chi connectivity index (χ1n) is 10.1. The molecule has 0 amide bonds. The molecular weight excluding hydrogens is 416 g/mol. The molecule has 0 saturated carbocycles. The summed E-state index contributed by atoms with van der Waals surface area (Å²) in [6.07, 6.45) is 2.35. The van der Waals surface area contributed by atoms with Crippen molar-refractivity contribution >= 4 is 0 Å². The predicted molar refractivity (Wildman–Crippen MR) is 120 cm³/mol. The molecule has 0 aliphatic carbocycles. The number of nitrogens with zero attached hydrogens (tertiary/aromatic N) is 4. The van der Waals surface area contributed by atoms with Crippen LogP contribution < -0.4 is 0 Å². The summed E-state index contributed by atoms with van der Waals surface area (Å²) in [5, 5.41) is 9.24. The van der Waals surface area contributed by atoms with Gasteiger partial charge in [0.25, 0.3) is 0 Å². The summed E-state index contributed by atoms with van der Waals surface area (Å²) in [5.74, 6) is 0. The van der Waals surface area contributed by atoms with Gasteiger partial charge in [-0.3, -0.25) is 0 Å². The molecule has 27 heavy (non-hydrogen) atoms. The van der Waals surface area contributed by atoms with Crippen molar-refractivity contribution in [1.82, 2.24) is 0 Å². The van der Waals surface area contributed by atoms with Crippen molar-refractivity contribution in [3.63, 3.8) is 0 Å². The molecule has 5 heteroatoms. The van der Waals surface area contributed by atoms with Crippen LogP contribution in [0.1, 0.15) is 103 Å². The number of rotatable bonds is 8. The molecule has 0 aromatic heterocycles. The van der Waals surface area contributed by atoms with E-state index in [0.29, 0.717) is 12.1 Å². The van der Waals surface area contributed by atoms with Crippen LogP contribution in [0.4, 0.5) is 0 Å². The van der Waals surface area contributed by atoms with Gasteiger partial charge in [0.05, 0.1) is 0 Å². The standard InChI is InChI=1S/C11H24N2.2C5H11N.CH3.Mo/c1-8(2)12-10(11(5,6)7)13-9(3)4;2*1-4-5(2,3)6;;/h8-10H,1-7H3;2*4H2,1-3H3;1H3;/q-2;;;-1;. The van der Waals surface area contributed by atoms with Gasteiger partial charge in [-0.15, -0.1) is 12.1 Å². The molecule has 0 radical (unpaired) electrons. The van der Waals surface area contributed by atoms with Crippen molar-refractivity contribution in [2.24, 2.45) is 12.4 Å². The topological polar surface area (TPSA) is 52.9 Å². The predicted octanol–water partition coefficient (Wildman–Crippen LogP) is 8.19. The van der Waals surface area contributed by atoms with Crippen molar-refractivity contribution in [1.29, 1.82) is 0 Å². The zero-order valence-electron chi connectivity index (χ0n) is 20.8.